The largest absolute Gasteiger partial charge is 0.494 e. The number of thiazole rings is 2. The molecule has 0 aliphatic carbocycles. The maximum atomic E-state index is 13.9. The van der Waals surface area contributed by atoms with E-state index >= 15 is 0 Å². The molecule has 1 N–H and O–H groups in total. The summed E-state index contributed by atoms with van der Waals surface area (Å²) in [7, 11) is 4.12. The Morgan fingerprint density at radius 2 is 1.34 bits per heavy atom. The summed E-state index contributed by atoms with van der Waals surface area (Å²) in [6.45, 7) is 12.4. The van der Waals surface area contributed by atoms with Crippen molar-refractivity contribution in [2.24, 2.45) is 0 Å². The van der Waals surface area contributed by atoms with Crippen LogP contribution < -0.4 is 14.8 Å². The molecule has 1 fully saturated rings. The molecule has 1 saturated heterocycles. The number of imidazole rings is 2. The van der Waals surface area contributed by atoms with Gasteiger partial charge < -0.3 is 32.8 Å². The number of fused-ring (bicyclic) bond motifs is 2. The van der Waals surface area contributed by atoms with Crippen molar-refractivity contribution in [3.63, 3.8) is 0 Å². The number of Topliss-reactive ketones (excluding diaryl/α,β-unsaturated/α-hetero) is 1. The molecule has 338 valence electrons. The zero-order valence-electron chi connectivity index (χ0n) is 37.1. The molecular weight excluding hydrogens is 861 g/mol. The number of carbonyl (C=O) groups is 4. The molecule has 4 aromatic heterocycles. The predicted octanol–water partition coefficient (Wildman–Crippen LogP) is 6.66. The number of hydrogen-bond acceptors (Lipinski definition) is 16. The van der Waals surface area contributed by atoms with Crippen LogP contribution in [0.5, 0.6) is 11.5 Å². The highest BCUT2D eigenvalue weighted by molar-refractivity contribution is 7.14. The van der Waals surface area contributed by atoms with Crippen LogP contribution in [0.1, 0.15) is 87.6 Å². The minimum absolute atomic E-state index is 0.0260. The van der Waals surface area contributed by atoms with Crippen LogP contribution in [0, 0.1) is 13.8 Å². The van der Waals surface area contributed by atoms with Crippen LogP contribution in [0.4, 0.5) is 5.95 Å². The van der Waals surface area contributed by atoms with Crippen molar-refractivity contribution in [1.82, 2.24) is 34.0 Å². The van der Waals surface area contributed by atoms with Crippen molar-refractivity contribution in [1.29, 1.82) is 0 Å². The third kappa shape index (κ3) is 10.0. The van der Waals surface area contributed by atoms with Gasteiger partial charge in [0.05, 0.1) is 96.0 Å². The van der Waals surface area contributed by atoms with E-state index in [9.17, 15) is 19.2 Å². The molecule has 6 aromatic rings. The number of nitrogens with one attached hydrogen (secondary N) is 1. The van der Waals surface area contributed by atoms with Crippen LogP contribution in [-0.2, 0) is 46.6 Å². The molecule has 0 atom stereocenters. The Bertz CT molecular complexity index is 2730. The summed E-state index contributed by atoms with van der Waals surface area (Å²) in [4.78, 5) is 75.6. The van der Waals surface area contributed by atoms with Gasteiger partial charge in [0.1, 0.15) is 33.2 Å². The molecule has 19 heteroatoms. The number of carbonyl (C=O) groups excluding carboxylic acids is 4. The lowest BCUT2D eigenvalue weighted by Gasteiger charge is -2.26. The van der Waals surface area contributed by atoms with Gasteiger partial charge in [0.15, 0.2) is 5.78 Å². The van der Waals surface area contributed by atoms with Gasteiger partial charge in [0.2, 0.25) is 5.95 Å². The fourth-order valence-corrected chi connectivity index (χ4v) is 9.55. The van der Waals surface area contributed by atoms with Crippen molar-refractivity contribution < 1.29 is 42.9 Å². The molecule has 0 unspecified atom stereocenters. The number of ether oxygens (including phenoxy) is 5. The highest BCUT2D eigenvalue weighted by Crippen LogP contribution is 2.34. The number of allylic oxidation sites excluding steroid dienone is 2. The van der Waals surface area contributed by atoms with E-state index in [0.29, 0.717) is 87.5 Å². The maximum Gasteiger partial charge on any atom is 0.338 e. The highest BCUT2D eigenvalue weighted by Gasteiger charge is 2.25. The Kier molecular flexibility index (Phi) is 14.8. The summed E-state index contributed by atoms with van der Waals surface area (Å²) in [6.07, 6.45) is 5.72. The summed E-state index contributed by atoms with van der Waals surface area (Å²) in [5, 5.41) is 4.60. The lowest BCUT2D eigenvalue weighted by atomic mass is 10.1. The number of aryl methyl sites for hydroxylation is 4. The predicted molar refractivity (Wildman–Crippen MR) is 244 cm³/mol. The van der Waals surface area contributed by atoms with Gasteiger partial charge in [-0.3, -0.25) is 19.8 Å². The number of amides is 1. The number of morpholine rings is 1. The van der Waals surface area contributed by atoms with E-state index in [2.05, 4.69) is 20.2 Å². The second-order valence-corrected chi connectivity index (χ2v) is 17.4. The normalized spacial score (nSPS) is 13.2. The van der Waals surface area contributed by atoms with Gasteiger partial charge in [-0.25, -0.2) is 29.5 Å². The molecule has 17 nitrogen and oxygen atoms in total. The fourth-order valence-electron chi connectivity index (χ4n) is 7.70. The van der Waals surface area contributed by atoms with Crippen molar-refractivity contribution in [3.8, 4) is 11.5 Å². The number of aromatic nitrogens is 6. The van der Waals surface area contributed by atoms with Gasteiger partial charge in [-0.2, -0.15) is 0 Å². The van der Waals surface area contributed by atoms with Crippen LogP contribution in [0.25, 0.3) is 22.1 Å². The molecule has 0 bridgehead atoms. The van der Waals surface area contributed by atoms with E-state index < -0.39 is 11.9 Å². The molecule has 7 rings (SSSR count). The van der Waals surface area contributed by atoms with Gasteiger partial charge in [-0.1, -0.05) is 26.0 Å². The standard InChI is InChI=1S/C45H52N8O9S2/c1-8-30-40(63-26(3)46-30)34(54)25-37-48-32-21-28(43(56)59-6)23-35(58-5)38(32)52(37)14-10-11-15-53-39-33(49-45(53)50-42(55)41-31(9-2)47-27(4)64-41)22-29(44(57)60-7)24-36(39)62-18-12-13-51-16-19-61-20-17-51/h10-11,21-24H,8-9,12-20,25H2,1-7H3,(H,49,50,55)/b11-10+. The third-order valence-corrected chi connectivity index (χ3v) is 12.8. The first-order valence-electron chi connectivity index (χ1n) is 21.1. The quantitative estimate of drug-likeness (QED) is 0.0393. The van der Waals surface area contributed by atoms with Crippen LogP contribution in [0.2, 0.25) is 0 Å². The average molecular weight is 913 g/mol. The number of methoxy groups -OCH3 is 3. The first kappa shape index (κ1) is 46.0. The Hall–Kier alpha value is -6.02. The zero-order chi connectivity index (χ0) is 45.5. The molecule has 0 spiro atoms. The van der Waals surface area contributed by atoms with Crippen LogP contribution in [0.15, 0.2) is 36.4 Å². The van der Waals surface area contributed by atoms with Gasteiger partial charge in [0.25, 0.3) is 5.91 Å². The van der Waals surface area contributed by atoms with Gasteiger partial charge in [-0.15, -0.1) is 22.7 Å². The van der Waals surface area contributed by atoms with E-state index in [0.717, 1.165) is 41.8 Å². The smallest absolute Gasteiger partial charge is 0.338 e. The summed E-state index contributed by atoms with van der Waals surface area (Å²) >= 11 is 2.67. The summed E-state index contributed by atoms with van der Waals surface area (Å²) in [6, 6.07) is 6.48. The number of nitrogens with zero attached hydrogens (tertiary/aromatic N) is 7. The van der Waals surface area contributed by atoms with E-state index in [-0.39, 0.29) is 48.3 Å². The van der Waals surface area contributed by atoms with Crippen molar-refractivity contribution in [2.75, 3.05) is 66.1 Å². The molecule has 1 aliphatic rings. The van der Waals surface area contributed by atoms with E-state index in [1.54, 1.807) is 24.3 Å². The summed E-state index contributed by atoms with van der Waals surface area (Å²) in [5.74, 6) is -0.0920. The monoisotopic (exact) mass is 912 g/mol. The molecule has 64 heavy (non-hydrogen) atoms. The van der Waals surface area contributed by atoms with Crippen molar-refractivity contribution in [2.45, 2.75) is 66.5 Å². The summed E-state index contributed by atoms with van der Waals surface area (Å²) < 4.78 is 31.6. The molecule has 0 radical (unpaired) electrons. The minimum atomic E-state index is -0.555. The molecule has 5 heterocycles. The van der Waals surface area contributed by atoms with E-state index in [4.69, 9.17) is 33.7 Å². The van der Waals surface area contributed by atoms with Crippen molar-refractivity contribution in [3.05, 3.63) is 84.5 Å². The molecule has 1 aliphatic heterocycles. The second kappa shape index (κ2) is 20.7. The van der Waals surface area contributed by atoms with E-state index in [1.807, 2.05) is 49.0 Å². The van der Waals surface area contributed by atoms with Gasteiger partial charge in [-0.05, 0) is 57.4 Å². The minimum Gasteiger partial charge on any atom is -0.494 e. The number of esters is 2. The molecule has 0 saturated carbocycles. The van der Waals surface area contributed by atoms with Gasteiger partial charge in [0, 0.05) is 32.7 Å². The maximum absolute atomic E-state index is 13.9. The number of anilines is 1. The lowest BCUT2D eigenvalue weighted by molar-refractivity contribution is 0.0358. The second-order valence-electron chi connectivity index (χ2n) is 15.0. The van der Waals surface area contributed by atoms with Crippen LogP contribution in [0.3, 0.4) is 0 Å². The lowest BCUT2D eigenvalue weighted by Crippen LogP contribution is -2.37. The molecule has 1 amide bonds. The summed E-state index contributed by atoms with van der Waals surface area (Å²) in [5.41, 5.74) is 3.97. The Morgan fingerprint density at radius 1 is 0.766 bits per heavy atom. The van der Waals surface area contributed by atoms with E-state index in [1.165, 1.54) is 44.0 Å². The van der Waals surface area contributed by atoms with Gasteiger partial charge >= 0.3 is 11.9 Å². The highest BCUT2D eigenvalue weighted by atomic mass is 32.1. The topological polar surface area (TPSA) is 191 Å². The number of hydrogen-bond donors (Lipinski definition) is 1. The van der Waals surface area contributed by atoms with Crippen molar-refractivity contribution >= 4 is 74.3 Å². The Morgan fingerprint density at radius 3 is 1.97 bits per heavy atom. The Balaban J connectivity index is 1.26. The first-order chi connectivity index (χ1) is 31.0. The average Bonchev–Trinajstić information content (AvgIpc) is 4.07. The fraction of sp³-hybridized carbons (Fsp3) is 0.422. The molecule has 2 aromatic carbocycles. The first-order valence-corrected chi connectivity index (χ1v) is 22.7. The SMILES string of the molecule is CCc1nc(C)sc1C(=O)Cc1nc2cc(C(=O)OC)cc(OC)c2n1C/C=C/Cn1c(NC(=O)c2sc(C)nc2CC)nc2cc(C(=O)OC)cc(OCCCN3CCOCC3)c21. The number of benzene rings is 2. The Labute approximate surface area is 378 Å². The third-order valence-electron chi connectivity index (χ3n) is 10.8. The molecular formula is C45H52N8O9S2. The van der Waals surface area contributed by atoms with Crippen LogP contribution >= 0.6 is 22.7 Å². The number of ketones is 1. The zero-order valence-corrected chi connectivity index (χ0v) is 38.7. The number of rotatable bonds is 19. The van der Waals surface area contributed by atoms with Crippen LogP contribution in [-0.4, -0.2) is 118 Å².